The Morgan fingerprint density at radius 1 is 1.55 bits per heavy atom. The van der Waals surface area contributed by atoms with Crippen LogP contribution in [0.15, 0.2) is 0 Å². The van der Waals surface area contributed by atoms with E-state index in [-0.39, 0.29) is 12.8 Å². The summed E-state index contributed by atoms with van der Waals surface area (Å²) in [5.74, 6) is -1.85. The second-order valence-corrected chi connectivity index (χ2v) is 1.97. The minimum atomic E-state index is -1.32. The molecule has 0 aliphatic carbocycles. The van der Waals surface area contributed by atoms with Gasteiger partial charge in [-0.3, -0.25) is 4.79 Å². The van der Waals surface area contributed by atoms with E-state index in [1.807, 2.05) is 0 Å². The largest absolute Gasteiger partial charge is 0.481 e. The molecule has 0 radical (unpaired) electrons. The maximum atomic E-state index is 10.5. The molecule has 0 aromatic rings. The first-order chi connectivity index (χ1) is 5.07. The van der Waals surface area contributed by atoms with Crippen LogP contribution in [0.4, 0.5) is 0 Å². The second-order valence-electron chi connectivity index (χ2n) is 1.97. The lowest BCUT2D eigenvalue weighted by atomic mass is 10.2. The monoisotopic (exact) mass is 162 g/mol. The number of rotatable bonds is 4. The van der Waals surface area contributed by atoms with Gasteiger partial charge in [-0.1, -0.05) is 0 Å². The lowest BCUT2D eigenvalue weighted by molar-refractivity contribution is -0.151. The normalized spacial score (nSPS) is 12.2. The molecule has 11 heavy (non-hydrogen) atoms. The van der Waals surface area contributed by atoms with Gasteiger partial charge in [-0.05, 0) is 6.42 Å². The highest BCUT2D eigenvalue weighted by Crippen LogP contribution is 1.98. The van der Waals surface area contributed by atoms with E-state index >= 15 is 0 Å². The van der Waals surface area contributed by atoms with E-state index < -0.39 is 18.0 Å². The molecule has 0 spiro atoms. The highest BCUT2D eigenvalue weighted by molar-refractivity contribution is 5.75. The van der Waals surface area contributed by atoms with Crippen molar-refractivity contribution < 1.29 is 24.5 Å². The third-order valence-electron chi connectivity index (χ3n) is 1.10. The maximum Gasteiger partial charge on any atom is 0.334 e. The molecule has 0 aliphatic rings. The Morgan fingerprint density at radius 3 is 2.45 bits per heavy atom. The third kappa shape index (κ3) is 4.32. The zero-order valence-electron chi connectivity index (χ0n) is 6.11. The molecule has 64 valence electrons. The molecule has 0 amide bonds. The van der Waals surface area contributed by atoms with Gasteiger partial charge in [-0.25, -0.2) is 4.79 Å². The van der Waals surface area contributed by atoms with E-state index in [2.05, 4.69) is 4.74 Å². The Morgan fingerprint density at radius 2 is 2.09 bits per heavy atom. The lowest BCUT2D eigenvalue weighted by Gasteiger charge is -2.04. The number of carboxylic acid groups (broad SMARTS) is 1. The number of hydrogen-bond acceptors (Lipinski definition) is 4. The van der Waals surface area contributed by atoms with E-state index in [0.29, 0.717) is 0 Å². The van der Waals surface area contributed by atoms with Gasteiger partial charge in [0.05, 0.1) is 7.11 Å². The van der Waals surface area contributed by atoms with Crippen LogP contribution in [0.2, 0.25) is 0 Å². The van der Waals surface area contributed by atoms with Crippen molar-refractivity contribution in [1.82, 2.24) is 0 Å². The van der Waals surface area contributed by atoms with E-state index in [1.165, 1.54) is 0 Å². The first-order valence-electron chi connectivity index (χ1n) is 3.05. The summed E-state index contributed by atoms with van der Waals surface area (Å²) < 4.78 is 4.16. The second kappa shape index (κ2) is 4.68. The maximum absolute atomic E-state index is 10.5. The summed E-state index contributed by atoms with van der Waals surface area (Å²) in [5, 5.41) is 17.0. The number of carbonyl (C=O) groups is 2. The van der Waals surface area contributed by atoms with Gasteiger partial charge in [0.25, 0.3) is 0 Å². The summed E-state index contributed by atoms with van der Waals surface area (Å²) in [6.07, 6.45) is -1.67. The van der Waals surface area contributed by atoms with Gasteiger partial charge in [0, 0.05) is 6.42 Å². The van der Waals surface area contributed by atoms with Crippen molar-refractivity contribution in [2.45, 2.75) is 18.9 Å². The van der Waals surface area contributed by atoms with E-state index in [9.17, 15) is 9.59 Å². The first-order valence-corrected chi connectivity index (χ1v) is 3.05. The standard InChI is InChI=1S/C6H10O5/c1-11-6(10)4(7)2-3-5(8)9/h4,7H,2-3H2,1H3,(H,8,9). The van der Waals surface area contributed by atoms with Gasteiger partial charge in [-0.2, -0.15) is 0 Å². The van der Waals surface area contributed by atoms with Crippen LogP contribution in [0.1, 0.15) is 12.8 Å². The van der Waals surface area contributed by atoms with Crippen molar-refractivity contribution in [3.8, 4) is 0 Å². The predicted octanol–water partition coefficient (Wildman–Crippen LogP) is -0.615. The number of aliphatic carboxylic acids is 1. The van der Waals surface area contributed by atoms with Gasteiger partial charge < -0.3 is 14.9 Å². The Bertz CT molecular complexity index is 153. The number of ether oxygens (including phenoxy) is 1. The number of aliphatic hydroxyl groups is 1. The fraction of sp³-hybridized carbons (Fsp3) is 0.667. The number of carbonyl (C=O) groups excluding carboxylic acids is 1. The Kier molecular flexibility index (Phi) is 4.21. The van der Waals surface area contributed by atoms with Crippen LogP contribution in [0.25, 0.3) is 0 Å². The highest BCUT2D eigenvalue weighted by atomic mass is 16.5. The van der Waals surface area contributed by atoms with Gasteiger partial charge in [0.1, 0.15) is 0 Å². The predicted molar refractivity (Wildman–Crippen MR) is 34.9 cm³/mol. The molecule has 5 nitrogen and oxygen atoms in total. The molecular weight excluding hydrogens is 152 g/mol. The molecule has 0 aromatic carbocycles. The number of esters is 1. The van der Waals surface area contributed by atoms with Crippen molar-refractivity contribution in [3.05, 3.63) is 0 Å². The zero-order valence-corrected chi connectivity index (χ0v) is 6.11. The molecule has 0 saturated heterocycles. The van der Waals surface area contributed by atoms with Gasteiger partial charge >= 0.3 is 11.9 Å². The van der Waals surface area contributed by atoms with Crippen molar-refractivity contribution >= 4 is 11.9 Å². The lowest BCUT2D eigenvalue weighted by Crippen LogP contribution is -2.22. The van der Waals surface area contributed by atoms with Crippen molar-refractivity contribution in [2.24, 2.45) is 0 Å². The fourth-order valence-corrected chi connectivity index (χ4v) is 0.514. The Balaban J connectivity index is 3.60. The van der Waals surface area contributed by atoms with Crippen LogP contribution in [-0.4, -0.2) is 35.4 Å². The van der Waals surface area contributed by atoms with Gasteiger partial charge in [-0.15, -0.1) is 0 Å². The number of carboxylic acids is 1. The minimum absolute atomic E-state index is 0.109. The Hall–Kier alpha value is -1.10. The summed E-state index contributed by atoms with van der Waals surface area (Å²) in [6.45, 7) is 0. The van der Waals surface area contributed by atoms with Crippen molar-refractivity contribution in [3.63, 3.8) is 0 Å². The molecule has 0 aliphatic heterocycles. The van der Waals surface area contributed by atoms with Crippen molar-refractivity contribution in [2.75, 3.05) is 7.11 Å². The molecule has 1 unspecified atom stereocenters. The highest BCUT2D eigenvalue weighted by Gasteiger charge is 2.15. The topological polar surface area (TPSA) is 83.8 Å². The number of aliphatic hydroxyl groups excluding tert-OH is 1. The van der Waals surface area contributed by atoms with Crippen LogP contribution in [0, 0.1) is 0 Å². The quantitative estimate of drug-likeness (QED) is 0.538. The minimum Gasteiger partial charge on any atom is -0.481 e. The smallest absolute Gasteiger partial charge is 0.334 e. The molecule has 0 saturated carbocycles. The van der Waals surface area contributed by atoms with E-state index in [0.717, 1.165) is 7.11 Å². The molecule has 5 heteroatoms. The van der Waals surface area contributed by atoms with Crippen molar-refractivity contribution in [1.29, 1.82) is 0 Å². The summed E-state index contributed by atoms with van der Waals surface area (Å²) in [5.41, 5.74) is 0. The SMILES string of the molecule is COC(=O)C(O)CCC(=O)O. The number of hydrogen-bond donors (Lipinski definition) is 2. The molecule has 0 fully saturated rings. The summed E-state index contributed by atoms with van der Waals surface area (Å²) in [6, 6.07) is 0. The molecule has 2 N–H and O–H groups in total. The average molecular weight is 162 g/mol. The van der Waals surface area contributed by atoms with E-state index in [4.69, 9.17) is 10.2 Å². The summed E-state index contributed by atoms with van der Waals surface area (Å²) >= 11 is 0. The molecule has 0 bridgehead atoms. The molecule has 1 atom stereocenters. The third-order valence-corrected chi connectivity index (χ3v) is 1.10. The van der Waals surface area contributed by atoms with Gasteiger partial charge in [0.2, 0.25) is 0 Å². The molecule has 0 aromatic heterocycles. The van der Waals surface area contributed by atoms with Crippen LogP contribution in [0.3, 0.4) is 0 Å². The fourth-order valence-electron chi connectivity index (χ4n) is 0.514. The van der Waals surface area contributed by atoms with Crippen LogP contribution in [0.5, 0.6) is 0 Å². The van der Waals surface area contributed by atoms with Gasteiger partial charge in [0.15, 0.2) is 6.10 Å². The van der Waals surface area contributed by atoms with Crippen LogP contribution < -0.4 is 0 Å². The average Bonchev–Trinajstić information content (AvgIpc) is 1.98. The first kappa shape index (κ1) is 9.90. The van der Waals surface area contributed by atoms with E-state index in [1.54, 1.807) is 0 Å². The number of methoxy groups -OCH3 is 1. The Labute approximate surface area is 63.6 Å². The summed E-state index contributed by atoms with van der Waals surface area (Å²) in [7, 11) is 1.13. The van der Waals surface area contributed by atoms with Crippen LogP contribution in [-0.2, 0) is 14.3 Å². The molecule has 0 rings (SSSR count). The zero-order chi connectivity index (χ0) is 8.85. The van der Waals surface area contributed by atoms with Crippen LogP contribution >= 0.6 is 0 Å². The summed E-state index contributed by atoms with van der Waals surface area (Å²) in [4.78, 5) is 20.4. The molecule has 0 heterocycles. The molecular formula is C6H10O5.